The quantitative estimate of drug-likeness (QED) is 0.765. The fraction of sp³-hybridized carbons (Fsp3) is 1.00. The SMILES string of the molecule is CCCNC1CCC(N(C)CC2CCCC2)C1. The van der Waals surface area contributed by atoms with E-state index in [0.29, 0.717) is 0 Å². The van der Waals surface area contributed by atoms with Crippen LogP contribution in [0.2, 0.25) is 0 Å². The molecule has 100 valence electrons. The lowest BCUT2D eigenvalue weighted by Crippen LogP contribution is -2.35. The lowest BCUT2D eigenvalue weighted by molar-refractivity contribution is 0.206. The fourth-order valence-corrected chi connectivity index (χ4v) is 3.64. The summed E-state index contributed by atoms with van der Waals surface area (Å²) in [7, 11) is 2.35. The monoisotopic (exact) mass is 238 g/mol. The second-order valence-corrected chi connectivity index (χ2v) is 6.21. The number of hydrogen-bond acceptors (Lipinski definition) is 2. The van der Waals surface area contributed by atoms with Gasteiger partial charge in [-0.1, -0.05) is 19.8 Å². The van der Waals surface area contributed by atoms with Crippen molar-refractivity contribution in [2.45, 2.75) is 70.4 Å². The largest absolute Gasteiger partial charge is 0.314 e. The average Bonchev–Trinajstić information content (AvgIpc) is 2.96. The second kappa shape index (κ2) is 6.75. The predicted octanol–water partition coefficient (Wildman–Crippen LogP) is 3.03. The lowest BCUT2D eigenvalue weighted by atomic mass is 10.1. The third-order valence-corrected chi connectivity index (χ3v) is 4.73. The minimum Gasteiger partial charge on any atom is -0.314 e. The maximum absolute atomic E-state index is 3.68. The van der Waals surface area contributed by atoms with E-state index in [1.807, 2.05) is 0 Å². The predicted molar refractivity (Wildman–Crippen MR) is 74.3 cm³/mol. The normalized spacial score (nSPS) is 30.5. The van der Waals surface area contributed by atoms with E-state index >= 15 is 0 Å². The van der Waals surface area contributed by atoms with E-state index < -0.39 is 0 Å². The molecule has 2 heteroatoms. The molecule has 0 aromatic rings. The summed E-state index contributed by atoms with van der Waals surface area (Å²) in [4.78, 5) is 2.66. The highest BCUT2D eigenvalue weighted by atomic mass is 15.1. The third kappa shape index (κ3) is 3.96. The van der Waals surface area contributed by atoms with Gasteiger partial charge in [0.05, 0.1) is 0 Å². The van der Waals surface area contributed by atoms with E-state index in [1.165, 1.54) is 64.5 Å². The molecular formula is C15H30N2. The number of nitrogens with one attached hydrogen (secondary N) is 1. The first-order valence-corrected chi connectivity index (χ1v) is 7.73. The van der Waals surface area contributed by atoms with E-state index in [9.17, 15) is 0 Å². The van der Waals surface area contributed by atoms with Gasteiger partial charge in [-0.15, -0.1) is 0 Å². The van der Waals surface area contributed by atoms with Gasteiger partial charge in [0.15, 0.2) is 0 Å². The van der Waals surface area contributed by atoms with Crippen LogP contribution in [0.25, 0.3) is 0 Å². The summed E-state index contributed by atoms with van der Waals surface area (Å²) in [6, 6.07) is 1.65. The van der Waals surface area contributed by atoms with Crippen molar-refractivity contribution in [3.05, 3.63) is 0 Å². The molecule has 2 rings (SSSR count). The maximum atomic E-state index is 3.68. The van der Waals surface area contributed by atoms with Crippen LogP contribution in [-0.4, -0.2) is 37.1 Å². The summed E-state index contributed by atoms with van der Waals surface area (Å²) in [5, 5.41) is 3.68. The molecule has 1 N–H and O–H groups in total. The molecule has 0 bridgehead atoms. The van der Waals surface area contributed by atoms with Crippen molar-refractivity contribution in [2.75, 3.05) is 20.1 Å². The van der Waals surface area contributed by atoms with Crippen molar-refractivity contribution in [3.63, 3.8) is 0 Å². The molecule has 2 unspecified atom stereocenters. The minimum absolute atomic E-state index is 0.797. The van der Waals surface area contributed by atoms with Crippen molar-refractivity contribution >= 4 is 0 Å². The van der Waals surface area contributed by atoms with Crippen LogP contribution < -0.4 is 5.32 Å². The van der Waals surface area contributed by atoms with Gasteiger partial charge in [-0.05, 0) is 58.0 Å². The topological polar surface area (TPSA) is 15.3 Å². The first-order valence-electron chi connectivity index (χ1n) is 7.73. The number of hydrogen-bond donors (Lipinski definition) is 1. The maximum Gasteiger partial charge on any atom is 0.0108 e. The zero-order valence-corrected chi connectivity index (χ0v) is 11.8. The van der Waals surface area contributed by atoms with Gasteiger partial charge in [-0.2, -0.15) is 0 Å². The standard InChI is InChI=1S/C15H30N2/c1-3-10-16-14-8-9-15(11-14)17(2)12-13-6-4-5-7-13/h13-16H,3-12H2,1-2H3. The summed E-state index contributed by atoms with van der Waals surface area (Å²) in [6.07, 6.45) is 11.4. The molecule has 2 nitrogen and oxygen atoms in total. The van der Waals surface area contributed by atoms with Crippen LogP contribution in [-0.2, 0) is 0 Å². The van der Waals surface area contributed by atoms with Gasteiger partial charge in [0.25, 0.3) is 0 Å². The van der Waals surface area contributed by atoms with Crippen LogP contribution in [0.15, 0.2) is 0 Å². The summed E-state index contributed by atoms with van der Waals surface area (Å²) in [5.41, 5.74) is 0. The van der Waals surface area contributed by atoms with E-state index in [0.717, 1.165) is 18.0 Å². The van der Waals surface area contributed by atoms with Crippen molar-refractivity contribution in [1.29, 1.82) is 0 Å². The molecule has 2 saturated carbocycles. The summed E-state index contributed by atoms with van der Waals surface area (Å²) in [5.74, 6) is 1.00. The van der Waals surface area contributed by atoms with Crippen LogP contribution in [0.3, 0.4) is 0 Å². The van der Waals surface area contributed by atoms with Crippen molar-refractivity contribution in [1.82, 2.24) is 10.2 Å². The molecule has 0 amide bonds. The third-order valence-electron chi connectivity index (χ3n) is 4.73. The molecule has 0 aromatic carbocycles. The van der Waals surface area contributed by atoms with Crippen LogP contribution >= 0.6 is 0 Å². The number of nitrogens with zero attached hydrogens (tertiary/aromatic N) is 1. The molecule has 17 heavy (non-hydrogen) atoms. The molecule has 0 aromatic heterocycles. The van der Waals surface area contributed by atoms with Gasteiger partial charge in [-0.25, -0.2) is 0 Å². The molecule has 0 saturated heterocycles. The van der Waals surface area contributed by atoms with Gasteiger partial charge in [-0.3, -0.25) is 0 Å². The van der Waals surface area contributed by atoms with Gasteiger partial charge in [0, 0.05) is 18.6 Å². The first kappa shape index (κ1) is 13.4. The molecule has 2 aliphatic carbocycles. The summed E-state index contributed by atoms with van der Waals surface area (Å²) in [6.45, 7) is 4.81. The zero-order chi connectivity index (χ0) is 12.1. The Morgan fingerprint density at radius 2 is 1.88 bits per heavy atom. The molecule has 0 spiro atoms. The molecule has 2 fully saturated rings. The molecular weight excluding hydrogens is 208 g/mol. The molecule has 0 aliphatic heterocycles. The summed E-state index contributed by atoms with van der Waals surface area (Å²) >= 11 is 0. The van der Waals surface area contributed by atoms with E-state index in [1.54, 1.807) is 0 Å². The van der Waals surface area contributed by atoms with Gasteiger partial charge >= 0.3 is 0 Å². The highest BCUT2D eigenvalue weighted by Gasteiger charge is 2.28. The summed E-state index contributed by atoms with van der Waals surface area (Å²) < 4.78 is 0. The van der Waals surface area contributed by atoms with E-state index in [2.05, 4.69) is 24.2 Å². The van der Waals surface area contributed by atoms with Crippen LogP contribution in [0.4, 0.5) is 0 Å². The van der Waals surface area contributed by atoms with Crippen molar-refractivity contribution < 1.29 is 0 Å². The Balaban J connectivity index is 1.67. The Morgan fingerprint density at radius 1 is 1.12 bits per heavy atom. The fourth-order valence-electron chi connectivity index (χ4n) is 3.64. The highest BCUT2D eigenvalue weighted by Crippen LogP contribution is 2.29. The molecule has 2 atom stereocenters. The zero-order valence-electron chi connectivity index (χ0n) is 11.8. The Hall–Kier alpha value is -0.0800. The average molecular weight is 238 g/mol. The van der Waals surface area contributed by atoms with Crippen LogP contribution in [0, 0.1) is 5.92 Å². The first-order chi connectivity index (χ1) is 8.29. The smallest absolute Gasteiger partial charge is 0.0108 e. The van der Waals surface area contributed by atoms with Crippen molar-refractivity contribution in [3.8, 4) is 0 Å². The van der Waals surface area contributed by atoms with E-state index in [-0.39, 0.29) is 0 Å². The van der Waals surface area contributed by atoms with Gasteiger partial charge in [0.2, 0.25) is 0 Å². The Kier molecular flexibility index (Phi) is 5.30. The lowest BCUT2D eigenvalue weighted by Gasteiger charge is -2.27. The molecule has 0 heterocycles. The van der Waals surface area contributed by atoms with Crippen LogP contribution in [0.1, 0.15) is 58.3 Å². The van der Waals surface area contributed by atoms with Crippen molar-refractivity contribution in [2.24, 2.45) is 5.92 Å². The van der Waals surface area contributed by atoms with Gasteiger partial charge in [0.1, 0.15) is 0 Å². The second-order valence-electron chi connectivity index (χ2n) is 6.21. The Morgan fingerprint density at radius 3 is 2.59 bits per heavy atom. The minimum atomic E-state index is 0.797. The van der Waals surface area contributed by atoms with Gasteiger partial charge < -0.3 is 10.2 Å². The number of rotatable bonds is 6. The highest BCUT2D eigenvalue weighted by molar-refractivity contribution is 4.86. The van der Waals surface area contributed by atoms with E-state index in [4.69, 9.17) is 0 Å². The Bertz CT molecular complexity index is 211. The Labute approximate surface area is 107 Å². The molecule has 2 aliphatic rings. The molecule has 0 radical (unpaired) electrons. The van der Waals surface area contributed by atoms with Crippen LogP contribution in [0.5, 0.6) is 0 Å².